The molecule has 1 saturated heterocycles. The van der Waals surface area contributed by atoms with Gasteiger partial charge in [-0.05, 0) is 55.0 Å². The lowest BCUT2D eigenvalue weighted by Gasteiger charge is -2.35. The largest absolute Gasteiger partial charge is 0.355 e. The minimum absolute atomic E-state index is 0. The lowest BCUT2D eigenvalue weighted by molar-refractivity contribution is -0.124. The van der Waals surface area contributed by atoms with E-state index in [1.165, 1.54) is 0 Å². The van der Waals surface area contributed by atoms with Crippen molar-refractivity contribution in [3.8, 4) is 0 Å². The van der Waals surface area contributed by atoms with E-state index in [4.69, 9.17) is 11.6 Å². The highest BCUT2D eigenvalue weighted by molar-refractivity contribution is 6.30. The first-order valence-electron chi connectivity index (χ1n) is 8.15. The number of hydrogen-bond donors (Lipinski definition) is 2. The average Bonchev–Trinajstić information content (AvgIpc) is 2.46. The quantitative estimate of drug-likeness (QED) is 0.834. The van der Waals surface area contributed by atoms with Gasteiger partial charge in [0, 0.05) is 11.6 Å². The molecule has 0 bridgehead atoms. The van der Waals surface area contributed by atoms with Crippen molar-refractivity contribution in [2.45, 2.75) is 39.5 Å². The van der Waals surface area contributed by atoms with Gasteiger partial charge in [0.15, 0.2) is 0 Å². The maximum Gasteiger partial charge on any atom is 0.227 e. The molecule has 0 saturated carbocycles. The summed E-state index contributed by atoms with van der Waals surface area (Å²) >= 11 is 6.08. The molecule has 5 heteroatoms. The Morgan fingerprint density at radius 3 is 2.57 bits per heavy atom. The molecular weight excluding hydrogens is 331 g/mol. The SMILES string of the molecule is CC(C)C(C(=O)NCC1(C)CCNCC1)c1cccc(Cl)c1.Cl. The van der Waals surface area contributed by atoms with E-state index in [2.05, 4.69) is 31.4 Å². The van der Waals surface area contributed by atoms with Gasteiger partial charge in [0.2, 0.25) is 5.91 Å². The number of hydrogen-bond acceptors (Lipinski definition) is 2. The van der Waals surface area contributed by atoms with Crippen LogP contribution in [0.2, 0.25) is 5.02 Å². The van der Waals surface area contributed by atoms with Gasteiger partial charge in [0.05, 0.1) is 5.92 Å². The van der Waals surface area contributed by atoms with Gasteiger partial charge in [0.1, 0.15) is 0 Å². The van der Waals surface area contributed by atoms with Crippen LogP contribution in [0.4, 0.5) is 0 Å². The lowest BCUT2D eigenvalue weighted by atomic mass is 9.80. The van der Waals surface area contributed by atoms with Crippen LogP contribution in [0.25, 0.3) is 0 Å². The van der Waals surface area contributed by atoms with Crippen LogP contribution < -0.4 is 10.6 Å². The van der Waals surface area contributed by atoms with E-state index in [0.717, 1.165) is 38.0 Å². The Hall–Kier alpha value is -0.770. The molecule has 1 atom stereocenters. The molecule has 23 heavy (non-hydrogen) atoms. The van der Waals surface area contributed by atoms with Crippen LogP contribution in [-0.4, -0.2) is 25.5 Å². The monoisotopic (exact) mass is 358 g/mol. The number of carbonyl (C=O) groups is 1. The third kappa shape index (κ3) is 5.66. The normalized spacial score (nSPS) is 18.1. The molecular formula is C18H28Cl2N2O. The first-order chi connectivity index (χ1) is 10.4. The van der Waals surface area contributed by atoms with Crippen molar-refractivity contribution in [1.82, 2.24) is 10.6 Å². The van der Waals surface area contributed by atoms with Gasteiger partial charge in [-0.3, -0.25) is 4.79 Å². The lowest BCUT2D eigenvalue weighted by Crippen LogP contribution is -2.44. The summed E-state index contributed by atoms with van der Waals surface area (Å²) < 4.78 is 0. The molecule has 0 spiro atoms. The van der Waals surface area contributed by atoms with Crippen molar-refractivity contribution in [3.63, 3.8) is 0 Å². The van der Waals surface area contributed by atoms with Crippen molar-refractivity contribution in [2.24, 2.45) is 11.3 Å². The molecule has 0 radical (unpaired) electrons. The van der Waals surface area contributed by atoms with E-state index in [1.807, 2.05) is 24.3 Å². The van der Waals surface area contributed by atoms with E-state index in [0.29, 0.717) is 5.02 Å². The Balaban J connectivity index is 0.00000264. The standard InChI is InChI=1S/C18H27ClN2O.ClH/c1-13(2)16(14-5-4-6-15(19)11-14)17(22)21-12-18(3)7-9-20-10-8-18;/h4-6,11,13,16,20H,7-10,12H2,1-3H3,(H,21,22);1H. The minimum Gasteiger partial charge on any atom is -0.355 e. The van der Waals surface area contributed by atoms with E-state index in [-0.39, 0.29) is 35.6 Å². The van der Waals surface area contributed by atoms with E-state index >= 15 is 0 Å². The summed E-state index contributed by atoms with van der Waals surface area (Å²) in [4.78, 5) is 12.7. The first-order valence-corrected chi connectivity index (χ1v) is 8.53. The summed E-state index contributed by atoms with van der Waals surface area (Å²) in [5.41, 5.74) is 1.20. The van der Waals surface area contributed by atoms with Crippen LogP contribution in [0, 0.1) is 11.3 Å². The second-order valence-electron chi connectivity index (χ2n) is 7.06. The molecule has 1 amide bonds. The fourth-order valence-corrected chi connectivity index (χ4v) is 3.36. The van der Waals surface area contributed by atoms with Crippen molar-refractivity contribution in [3.05, 3.63) is 34.9 Å². The van der Waals surface area contributed by atoms with Gasteiger partial charge >= 0.3 is 0 Å². The minimum atomic E-state index is -0.149. The fraction of sp³-hybridized carbons (Fsp3) is 0.611. The van der Waals surface area contributed by atoms with Crippen LogP contribution in [0.3, 0.4) is 0 Å². The topological polar surface area (TPSA) is 41.1 Å². The molecule has 0 aromatic heterocycles. The Bertz CT molecular complexity index is 513. The zero-order valence-corrected chi connectivity index (χ0v) is 15.8. The molecule has 1 unspecified atom stereocenters. The maximum absolute atomic E-state index is 12.7. The highest BCUT2D eigenvalue weighted by Crippen LogP contribution is 2.29. The van der Waals surface area contributed by atoms with Crippen LogP contribution >= 0.6 is 24.0 Å². The molecule has 1 aliphatic heterocycles. The first kappa shape index (κ1) is 20.3. The van der Waals surface area contributed by atoms with Gasteiger partial charge in [0.25, 0.3) is 0 Å². The Kier molecular flexibility index (Phi) is 7.85. The summed E-state index contributed by atoms with van der Waals surface area (Å²) in [5.74, 6) is 0.195. The molecule has 0 aliphatic carbocycles. The highest BCUT2D eigenvalue weighted by Gasteiger charge is 2.30. The molecule has 1 aliphatic rings. The number of nitrogens with one attached hydrogen (secondary N) is 2. The molecule has 130 valence electrons. The fourth-order valence-electron chi connectivity index (χ4n) is 3.16. The molecule has 2 rings (SSSR count). The second kappa shape index (κ2) is 8.91. The van der Waals surface area contributed by atoms with Gasteiger partial charge in [-0.2, -0.15) is 0 Å². The summed E-state index contributed by atoms with van der Waals surface area (Å²) in [6, 6.07) is 7.64. The van der Waals surface area contributed by atoms with Gasteiger partial charge in [-0.25, -0.2) is 0 Å². The van der Waals surface area contributed by atoms with E-state index in [1.54, 1.807) is 0 Å². The van der Waals surface area contributed by atoms with E-state index < -0.39 is 0 Å². The van der Waals surface area contributed by atoms with Crippen LogP contribution in [0.5, 0.6) is 0 Å². The Morgan fingerprint density at radius 1 is 1.35 bits per heavy atom. The van der Waals surface area contributed by atoms with Crippen LogP contribution in [0.1, 0.15) is 45.1 Å². The smallest absolute Gasteiger partial charge is 0.227 e. The summed E-state index contributed by atoms with van der Waals surface area (Å²) in [7, 11) is 0. The summed E-state index contributed by atoms with van der Waals surface area (Å²) in [6.45, 7) is 9.24. The number of piperidine rings is 1. The Labute approximate surface area is 151 Å². The molecule has 1 fully saturated rings. The van der Waals surface area contributed by atoms with Gasteiger partial charge in [-0.1, -0.05) is 44.5 Å². The predicted molar refractivity (Wildman–Crippen MR) is 99.5 cm³/mol. The Morgan fingerprint density at radius 2 is 2.00 bits per heavy atom. The summed E-state index contributed by atoms with van der Waals surface area (Å²) in [6.07, 6.45) is 2.22. The third-order valence-corrected chi connectivity index (χ3v) is 4.89. The zero-order chi connectivity index (χ0) is 16.2. The molecule has 1 heterocycles. The second-order valence-corrected chi connectivity index (χ2v) is 7.49. The van der Waals surface area contributed by atoms with E-state index in [9.17, 15) is 4.79 Å². The molecule has 2 N–H and O–H groups in total. The van der Waals surface area contributed by atoms with Gasteiger partial charge in [-0.15, -0.1) is 12.4 Å². The summed E-state index contributed by atoms with van der Waals surface area (Å²) in [5, 5.41) is 7.24. The van der Waals surface area contributed by atoms with Crippen molar-refractivity contribution >= 4 is 29.9 Å². The van der Waals surface area contributed by atoms with Crippen molar-refractivity contribution in [2.75, 3.05) is 19.6 Å². The molecule has 3 nitrogen and oxygen atoms in total. The number of rotatable bonds is 5. The number of benzene rings is 1. The van der Waals surface area contributed by atoms with Gasteiger partial charge < -0.3 is 10.6 Å². The maximum atomic E-state index is 12.7. The van der Waals surface area contributed by atoms with Crippen molar-refractivity contribution < 1.29 is 4.79 Å². The third-order valence-electron chi connectivity index (χ3n) is 4.66. The van der Waals surface area contributed by atoms with Crippen LogP contribution in [0.15, 0.2) is 24.3 Å². The zero-order valence-electron chi connectivity index (χ0n) is 14.2. The number of carbonyl (C=O) groups excluding carboxylic acids is 1. The average molecular weight is 359 g/mol. The predicted octanol–water partition coefficient (Wildman–Crippen LogP) is 4.01. The molecule has 1 aromatic carbocycles. The number of amides is 1. The number of halogens is 2. The van der Waals surface area contributed by atoms with Crippen molar-refractivity contribution in [1.29, 1.82) is 0 Å². The molecule has 1 aromatic rings. The highest BCUT2D eigenvalue weighted by atomic mass is 35.5. The van der Waals surface area contributed by atoms with Crippen LogP contribution in [-0.2, 0) is 4.79 Å².